The minimum absolute atomic E-state index is 0.164. The monoisotopic (exact) mass is 399 g/mol. The number of ether oxygens (including phenoxy) is 2. The molecule has 3 aromatic rings. The minimum Gasteiger partial charge on any atom is -0.460 e. The van der Waals surface area contributed by atoms with Gasteiger partial charge in [0.1, 0.15) is 17.3 Å². The minimum atomic E-state index is -0.445. The first kappa shape index (κ1) is 19.0. The number of fused-ring (bicyclic) bond motifs is 3. The maximum atomic E-state index is 14.1. The lowest BCUT2D eigenvalue weighted by molar-refractivity contribution is 0.0388. The summed E-state index contributed by atoms with van der Waals surface area (Å²) in [5.74, 6) is -0.776. The number of halogens is 1. The van der Waals surface area contributed by atoms with Crippen LogP contribution in [-0.4, -0.2) is 31.3 Å². The van der Waals surface area contributed by atoms with Crippen molar-refractivity contribution in [2.45, 2.75) is 32.6 Å². The molecule has 4 nitrogen and oxygen atoms in total. The number of carbonyl (C=O) groups excluding carboxylic acids is 1. The maximum Gasteiger partial charge on any atom is 0.340 e. The van der Waals surface area contributed by atoms with E-state index >= 15 is 0 Å². The summed E-state index contributed by atoms with van der Waals surface area (Å²) in [5.41, 5.74) is 3.70. The normalized spacial score (nSPS) is 13.5. The van der Waals surface area contributed by atoms with Gasteiger partial charge in [0, 0.05) is 22.9 Å². The van der Waals surface area contributed by atoms with Crippen molar-refractivity contribution in [3.05, 3.63) is 51.8 Å². The van der Waals surface area contributed by atoms with Crippen LogP contribution in [0.4, 0.5) is 4.39 Å². The summed E-state index contributed by atoms with van der Waals surface area (Å²) < 4.78 is 24.5. The van der Waals surface area contributed by atoms with E-state index in [1.165, 1.54) is 29.0 Å². The molecular formula is C22H22FNO3S. The summed E-state index contributed by atoms with van der Waals surface area (Å²) in [5, 5.41) is 0.981. The molecule has 6 heteroatoms. The molecule has 0 aliphatic heterocycles. The molecule has 0 N–H and O–H groups in total. The van der Waals surface area contributed by atoms with Gasteiger partial charge in [0.15, 0.2) is 0 Å². The van der Waals surface area contributed by atoms with Gasteiger partial charge >= 0.3 is 5.97 Å². The average Bonchev–Trinajstić information content (AvgIpc) is 3.04. The zero-order valence-corrected chi connectivity index (χ0v) is 16.8. The van der Waals surface area contributed by atoms with E-state index in [-0.39, 0.29) is 12.4 Å². The number of rotatable bonds is 5. The zero-order valence-electron chi connectivity index (χ0n) is 16.0. The summed E-state index contributed by atoms with van der Waals surface area (Å²) in [6.45, 7) is 2.30. The molecule has 146 valence electrons. The number of esters is 1. The lowest BCUT2D eigenvalue weighted by Crippen LogP contribution is -2.14. The van der Waals surface area contributed by atoms with Gasteiger partial charge in [-0.15, -0.1) is 11.3 Å². The highest BCUT2D eigenvalue weighted by molar-refractivity contribution is 7.19. The molecule has 0 spiro atoms. The second kappa shape index (κ2) is 7.97. The van der Waals surface area contributed by atoms with Crippen LogP contribution in [0.5, 0.6) is 0 Å². The number of hydrogen-bond acceptors (Lipinski definition) is 5. The van der Waals surface area contributed by atoms with E-state index < -0.39 is 5.97 Å². The number of nitrogens with zero attached hydrogens (tertiary/aromatic N) is 1. The predicted molar refractivity (Wildman–Crippen MR) is 109 cm³/mol. The Morgan fingerprint density at radius 2 is 2.07 bits per heavy atom. The van der Waals surface area contributed by atoms with Crippen LogP contribution >= 0.6 is 11.3 Å². The van der Waals surface area contributed by atoms with Gasteiger partial charge in [0.05, 0.1) is 17.9 Å². The third kappa shape index (κ3) is 3.42. The third-order valence-electron chi connectivity index (χ3n) is 5.12. The highest BCUT2D eigenvalue weighted by Gasteiger charge is 2.27. The molecule has 28 heavy (non-hydrogen) atoms. The number of methoxy groups -OCH3 is 1. The largest absolute Gasteiger partial charge is 0.460 e. The van der Waals surface area contributed by atoms with Crippen LogP contribution in [0.1, 0.15) is 39.3 Å². The molecule has 0 bridgehead atoms. The average molecular weight is 399 g/mol. The molecule has 0 saturated heterocycles. The summed E-state index contributed by atoms with van der Waals surface area (Å²) in [7, 11) is 1.56. The SMILES string of the molecule is COCCOC(=O)c1c(C)nc2sc3c(c2c1-c1cccc(F)c1)CCCC3. The van der Waals surface area contributed by atoms with Crippen molar-refractivity contribution < 1.29 is 18.7 Å². The molecule has 0 atom stereocenters. The number of pyridine rings is 1. The molecule has 1 aliphatic rings. The van der Waals surface area contributed by atoms with Crippen LogP contribution in [0.3, 0.4) is 0 Å². The van der Waals surface area contributed by atoms with Gasteiger partial charge in [-0.25, -0.2) is 14.2 Å². The molecule has 0 fully saturated rings. The standard InChI is InChI=1S/C22H22FNO3S/c1-13-18(22(25)27-11-10-26-2)19(14-6-5-7-15(23)12-14)20-16-8-3-4-9-17(16)28-21(20)24-13/h5-7,12H,3-4,8-11H2,1-2H3. The second-order valence-corrected chi connectivity index (χ2v) is 8.06. The molecule has 4 rings (SSSR count). The highest BCUT2D eigenvalue weighted by atomic mass is 32.1. The summed E-state index contributed by atoms with van der Waals surface area (Å²) in [4.78, 5) is 19.9. The number of aryl methyl sites for hydroxylation is 3. The lowest BCUT2D eigenvalue weighted by Gasteiger charge is -2.16. The number of hydrogen-bond donors (Lipinski definition) is 0. The van der Waals surface area contributed by atoms with Crippen molar-refractivity contribution in [2.24, 2.45) is 0 Å². The van der Waals surface area contributed by atoms with Crippen LogP contribution in [0.2, 0.25) is 0 Å². The number of benzene rings is 1. The molecule has 2 heterocycles. The second-order valence-electron chi connectivity index (χ2n) is 6.98. The van der Waals surface area contributed by atoms with Crippen molar-refractivity contribution in [2.75, 3.05) is 20.3 Å². The Labute approximate surface area is 167 Å². The fourth-order valence-corrected chi connectivity index (χ4v) is 5.19. The third-order valence-corrected chi connectivity index (χ3v) is 6.31. The summed E-state index contributed by atoms with van der Waals surface area (Å²) >= 11 is 1.69. The van der Waals surface area contributed by atoms with Crippen molar-refractivity contribution in [3.63, 3.8) is 0 Å². The molecule has 0 unspecified atom stereocenters. The van der Waals surface area contributed by atoms with Crippen LogP contribution in [0.15, 0.2) is 24.3 Å². The molecular weight excluding hydrogens is 377 g/mol. The van der Waals surface area contributed by atoms with Gasteiger partial charge in [0.2, 0.25) is 0 Å². The predicted octanol–water partition coefficient (Wildman–Crippen LogP) is 5.09. The molecule has 0 saturated carbocycles. The Bertz CT molecular complexity index is 1040. The van der Waals surface area contributed by atoms with E-state index in [9.17, 15) is 9.18 Å². The molecule has 0 amide bonds. The van der Waals surface area contributed by atoms with Gasteiger partial charge in [-0.05, 0) is 55.9 Å². The van der Waals surface area contributed by atoms with E-state index in [2.05, 4.69) is 0 Å². The molecule has 1 aromatic carbocycles. The number of aromatic nitrogens is 1. The van der Waals surface area contributed by atoms with Crippen molar-refractivity contribution in [1.82, 2.24) is 4.98 Å². The van der Waals surface area contributed by atoms with Crippen LogP contribution in [0, 0.1) is 12.7 Å². The van der Waals surface area contributed by atoms with E-state index in [1.54, 1.807) is 24.5 Å². The van der Waals surface area contributed by atoms with Gasteiger partial charge in [-0.1, -0.05) is 12.1 Å². The topological polar surface area (TPSA) is 48.4 Å². The van der Waals surface area contributed by atoms with Crippen LogP contribution in [0.25, 0.3) is 21.3 Å². The van der Waals surface area contributed by atoms with E-state index in [1.807, 2.05) is 13.0 Å². The Morgan fingerprint density at radius 1 is 1.25 bits per heavy atom. The molecule has 1 aliphatic carbocycles. The summed E-state index contributed by atoms with van der Waals surface area (Å²) in [6, 6.07) is 6.41. The Kier molecular flexibility index (Phi) is 5.42. The van der Waals surface area contributed by atoms with Crippen LogP contribution < -0.4 is 0 Å². The Balaban J connectivity index is 1.98. The van der Waals surface area contributed by atoms with Gasteiger partial charge < -0.3 is 9.47 Å². The highest BCUT2D eigenvalue weighted by Crippen LogP contribution is 2.43. The fraction of sp³-hybridized carbons (Fsp3) is 0.364. The smallest absolute Gasteiger partial charge is 0.340 e. The Hall–Kier alpha value is -2.31. The quantitative estimate of drug-likeness (QED) is 0.443. The van der Waals surface area contributed by atoms with Gasteiger partial charge in [-0.2, -0.15) is 0 Å². The van der Waals surface area contributed by atoms with E-state index in [0.717, 1.165) is 35.0 Å². The lowest BCUT2D eigenvalue weighted by atomic mass is 9.90. The maximum absolute atomic E-state index is 14.1. The number of thiophene rings is 1. The van der Waals surface area contributed by atoms with Crippen molar-refractivity contribution in [3.8, 4) is 11.1 Å². The van der Waals surface area contributed by atoms with E-state index in [4.69, 9.17) is 14.5 Å². The van der Waals surface area contributed by atoms with Crippen LogP contribution in [-0.2, 0) is 22.3 Å². The Morgan fingerprint density at radius 3 is 2.86 bits per heavy atom. The first-order valence-electron chi connectivity index (χ1n) is 9.47. The number of carbonyl (C=O) groups is 1. The van der Waals surface area contributed by atoms with Gasteiger partial charge in [-0.3, -0.25) is 0 Å². The van der Waals surface area contributed by atoms with Crippen molar-refractivity contribution >= 4 is 27.5 Å². The zero-order chi connectivity index (χ0) is 19.7. The van der Waals surface area contributed by atoms with E-state index in [0.29, 0.717) is 23.4 Å². The fourth-order valence-electron chi connectivity index (χ4n) is 3.87. The first-order valence-corrected chi connectivity index (χ1v) is 10.3. The van der Waals surface area contributed by atoms with Gasteiger partial charge in [0.25, 0.3) is 0 Å². The molecule has 2 aromatic heterocycles. The first-order chi connectivity index (χ1) is 13.6. The van der Waals surface area contributed by atoms with Crippen molar-refractivity contribution in [1.29, 1.82) is 0 Å². The molecule has 0 radical (unpaired) electrons. The summed E-state index contributed by atoms with van der Waals surface area (Å²) in [6.07, 6.45) is 4.27.